The number of fused-ring (bicyclic) bond motifs is 1. The van der Waals surface area contributed by atoms with Crippen LogP contribution >= 0.6 is 11.3 Å². The van der Waals surface area contributed by atoms with E-state index in [4.69, 9.17) is 22.1 Å². The molecule has 27 heavy (non-hydrogen) atoms. The highest BCUT2D eigenvalue weighted by molar-refractivity contribution is 7.77. The Kier molecular flexibility index (Phi) is 5.13. The lowest BCUT2D eigenvalue weighted by Gasteiger charge is -2.18. The zero-order valence-electron chi connectivity index (χ0n) is 14.3. The van der Waals surface area contributed by atoms with Crippen LogP contribution in [0.15, 0.2) is 71.3 Å². The summed E-state index contributed by atoms with van der Waals surface area (Å²) in [6.07, 6.45) is 3.66. The van der Waals surface area contributed by atoms with Gasteiger partial charge in [-0.25, -0.2) is 0 Å². The van der Waals surface area contributed by atoms with Crippen molar-refractivity contribution in [2.75, 3.05) is 6.79 Å². The van der Waals surface area contributed by atoms with Crippen molar-refractivity contribution >= 4 is 34.8 Å². The molecular weight excluding hydrogens is 380 g/mol. The van der Waals surface area contributed by atoms with Gasteiger partial charge in [-0.15, -0.1) is 11.3 Å². The van der Waals surface area contributed by atoms with Gasteiger partial charge in [-0.3, -0.25) is 4.79 Å². The molecule has 4 rings (SSSR count). The van der Waals surface area contributed by atoms with Gasteiger partial charge in [-0.2, -0.15) is 4.57 Å². The van der Waals surface area contributed by atoms with Crippen LogP contribution in [-0.2, 0) is 19.2 Å². The Morgan fingerprint density at radius 1 is 1.15 bits per heavy atom. The van der Waals surface area contributed by atoms with Crippen LogP contribution in [0.4, 0.5) is 0 Å². The van der Waals surface area contributed by atoms with Crippen molar-refractivity contribution in [3.63, 3.8) is 0 Å². The van der Waals surface area contributed by atoms with Gasteiger partial charge < -0.3 is 27.1 Å². The Morgan fingerprint density at radius 3 is 2.74 bits per heavy atom. The third-order valence-corrected chi connectivity index (χ3v) is 5.37. The molecule has 1 aromatic carbocycles. The van der Waals surface area contributed by atoms with E-state index in [0.29, 0.717) is 22.2 Å². The first kappa shape index (κ1) is 17.6. The Bertz CT molecular complexity index is 972. The minimum Gasteiger partial charge on any atom is -0.758 e. The molecule has 1 aliphatic rings. The standard InChI is InChI=1S/C20H16N2O3S2/c23-19(17-5-4-10-27-17)18(22-8-2-1-3-9-22)20(26)21-12-14-6-7-15-16(11-14)25-13-24-15/h1-11,18H,12-13H2/t18-/m1/s1. The van der Waals surface area contributed by atoms with Gasteiger partial charge in [0, 0.05) is 12.1 Å². The predicted octanol–water partition coefficient (Wildman–Crippen LogP) is 3.33. The average molecular weight is 396 g/mol. The summed E-state index contributed by atoms with van der Waals surface area (Å²) >= 11 is 6.95. The SMILES string of the molecule is O=C(c1cccs1)[C@H](C([S-])=NCc1ccc2c(c1)OCO2)[n+]1ccccc1. The van der Waals surface area contributed by atoms with Crippen LogP contribution in [0.2, 0.25) is 0 Å². The van der Waals surface area contributed by atoms with Crippen LogP contribution in [0.1, 0.15) is 21.3 Å². The van der Waals surface area contributed by atoms with E-state index in [2.05, 4.69) is 4.99 Å². The Hall–Kier alpha value is -2.77. The van der Waals surface area contributed by atoms with Gasteiger partial charge in [0.1, 0.15) is 0 Å². The van der Waals surface area contributed by atoms with E-state index >= 15 is 0 Å². The van der Waals surface area contributed by atoms with E-state index in [1.807, 2.05) is 66.3 Å². The fraction of sp³-hybridized carbons (Fsp3) is 0.150. The van der Waals surface area contributed by atoms with Crippen molar-refractivity contribution in [3.05, 3.63) is 76.7 Å². The highest BCUT2D eigenvalue weighted by atomic mass is 32.1. The van der Waals surface area contributed by atoms with Gasteiger partial charge in [0.05, 0.1) is 11.4 Å². The third-order valence-electron chi connectivity index (χ3n) is 4.14. The van der Waals surface area contributed by atoms with Crippen LogP contribution in [0.5, 0.6) is 11.5 Å². The number of carbonyl (C=O) groups is 1. The van der Waals surface area contributed by atoms with Crippen LogP contribution in [0.3, 0.4) is 0 Å². The monoisotopic (exact) mass is 396 g/mol. The minimum atomic E-state index is -0.645. The van der Waals surface area contributed by atoms with Gasteiger partial charge in [0.15, 0.2) is 23.9 Å². The second-order valence-corrected chi connectivity index (χ2v) is 7.27. The number of aliphatic imine (C=N–C) groups is 1. The summed E-state index contributed by atoms with van der Waals surface area (Å²) in [5, 5.41) is 2.23. The molecule has 3 aromatic rings. The van der Waals surface area contributed by atoms with E-state index in [9.17, 15) is 4.79 Å². The summed E-state index contributed by atoms with van der Waals surface area (Å²) in [6, 6.07) is 14.3. The number of pyridine rings is 1. The first-order chi connectivity index (χ1) is 13.2. The Balaban J connectivity index is 1.61. The molecule has 3 heterocycles. The van der Waals surface area contributed by atoms with Crippen molar-refractivity contribution in [1.29, 1.82) is 0 Å². The third kappa shape index (κ3) is 3.84. The maximum atomic E-state index is 13.0. The lowest BCUT2D eigenvalue weighted by Crippen LogP contribution is -2.47. The van der Waals surface area contributed by atoms with E-state index in [1.54, 1.807) is 4.57 Å². The molecule has 0 radical (unpaired) electrons. The number of ketones is 1. The molecule has 0 aliphatic carbocycles. The predicted molar refractivity (Wildman–Crippen MR) is 105 cm³/mol. The van der Waals surface area contributed by atoms with Crippen molar-refractivity contribution < 1.29 is 18.8 Å². The first-order valence-electron chi connectivity index (χ1n) is 8.36. The van der Waals surface area contributed by atoms with E-state index in [0.717, 1.165) is 11.3 Å². The molecule has 0 bridgehead atoms. The molecule has 5 nitrogen and oxygen atoms in total. The van der Waals surface area contributed by atoms with Gasteiger partial charge in [-0.05, 0) is 34.2 Å². The molecule has 136 valence electrons. The first-order valence-corrected chi connectivity index (χ1v) is 9.64. The topological polar surface area (TPSA) is 51.8 Å². The van der Waals surface area contributed by atoms with Crippen molar-refractivity contribution in [2.24, 2.45) is 4.99 Å². The number of carbonyl (C=O) groups excluding carboxylic acids is 1. The second-order valence-electron chi connectivity index (χ2n) is 5.91. The fourth-order valence-electron chi connectivity index (χ4n) is 2.81. The lowest BCUT2D eigenvalue weighted by molar-refractivity contribution is -0.691. The molecule has 2 aromatic heterocycles. The van der Waals surface area contributed by atoms with E-state index < -0.39 is 6.04 Å². The molecular formula is C20H16N2O3S2. The van der Waals surface area contributed by atoms with Crippen LogP contribution in [0, 0.1) is 0 Å². The smallest absolute Gasteiger partial charge is 0.244 e. The van der Waals surface area contributed by atoms with Gasteiger partial charge in [-0.1, -0.05) is 18.2 Å². The zero-order valence-corrected chi connectivity index (χ0v) is 15.9. The average Bonchev–Trinajstić information content (AvgIpc) is 3.38. The van der Waals surface area contributed by atoms with E-state index in [-0.39, 0.29) is 12.6 Å². The number of ether oxygens (including phenoxy) is 2. The van der Waals surface area contributed by atoms with Gasteiger partial charge >= 0.3 is 0 Å². The molecule has 1 atom stereocenters. The molecule has 0 N–H and O–H groups in total. The van der Waals surface area contributed by atoms with Crippen LogP contribution in [-0.4, -0.2) is 17.6 Å². The Labute approximate surface area is 166 Å². The fourth-order valence-corrected chi connectivity index (χ4v) is 3.79. The number of nitrogens with zero attached hydrogens (tertiary/aromatic N) is 2. The number of thiophene rings is 1. The highest BCUT2D eigenvalue weighted by Gasteiger charge is 2.28. The largest absolute Gasteiger partial charge is 0.758 e. The van der Waals surface area contributed by atoms with Gasteiger partial charge in [0.25, 0.3) is 0 Å². The Morgan fingerprint density at radius 2 is 1.96 bits per heavy atom. The zero-order chi connectivity index (χ0) is 18.6. The molecule has 0 amide bonds. The van der Waals surface area contributed by atoms with Crippen LogP contribution < -0.4 is 14.0 Å². The van der Waals surface area contributed by atoms with Crippen LogP contribution in [0.25, 0.3) is 0 Å². The molecule has 1 aliphatic heterocycles. The molecule has 0 saturated heterocycles. The summed E-state index contributed by atoms with van der Waals surface area (Å²) in [6.45, 7) is 0.605. The quantitative estimate of drug-likeness (QED) is 0.211. The van der Waals surface area contributed by atoms with Gasteiger partial charge in [0.2, 0.25) is 18.6 Å². The molecule has 0 fully saturated rings. The summed E-state index contributed by atoms with van der Waals surface area (Å²) < 4.78 is 12.5. The summed E-state index contributed by atoms with van der Waals surface area (Å²) in [4.78, 5) is 18.2. The van der Waals surface area contributed by atoms with Crippen molar-refractivity contribution in [1.82, 2.24) is 0 Å². The maximum absolute atomic E-state index is 13.0. The summed E-state index contributed by atoms with van der Waals surface area (Å²) in [7, 11) is 0. The number of hydrogen-bond acceptors (Lipinski definition) is 6. The second kappa shape index (κ2) is 7.85. The van der Waals surface area contributed by atoms with Crippen molar-refractivity contribution in [2.45, 2.75) is 12.6 Å². The minimum absolute atomic E-state index is 0.0550. The highest BCUT2D eigenvalue weighted by Crippen LogP contribution is 2.32. The maximum Gasteiger partial charge on any atom is 0.244 e. The number of hydrogen-bond donors (Lipinski definition) is 0. The normalized spacial score (nSPS) is 14.1. The van der Waals surface area contributed by atoms with Crippen molar-refractivity contribution in [3.8, 4) is 11.5 Å². The molecule has 0 unspecified atom stereocenters. The number of rotatable bonds is 6. The van der Waals surface area contributed by atoms with E-state index in [1.165, 1.54) is 11.3 Å². The molecule has 0 spiro atoms. The summed E-state index contributed by atoms with van der Waals surface area (Å²) in [5.74, 6) is 1.38. The molecule has 7 heteroatoms. The molecule has 0 saturated carbocycles. The lowest BCUT2D eigenvalue weighted by atomic mass is 10.1. The summed E-state index contributed by atoms with van der Waals surface area (Å²) in [5.41, 5.74) is 0.946. The number of Topliss-reactive ketones (excluding diaryl/α,β-unsaturated/α-hetero) is 1. The number of benzene rings is 1. The number of aromatic nitrogens is 1.